The van der Waals surface area contributed by atoms with Crippen LogP contribution in [-0.4, -0.2) is 21.1 Å². The second kappa shape index (κ2) is 6.84. The van der Waals surface area contributed by atoms with E-state index >= 15 is 0 Å². The van der Waals surface area contributed by atoms with Gasteiger partial charge in [0.1, 0.15) is 5.82 Å². The summed E-state index contributed by atoms with van der Waals surface area (Å²) < 4.78 is 0. The first-order valence-corrected chi connectivity index (χ1v) is 7.00. The van der Waals surface area contributed by atoms with Crippen molar-refractivity contribution in [2.45, 2.75) is 39.7 Å². The third kappa shape index (κ3) is 3.44. The molecule has 2 aromatic rings. The molecule has 0 unspecified atom stereocenters. The molecule has 20 heavy (non-hydrogen) atoms. The van der Waals surface area contributed by atoms with Crippen LogP contribution in [0.4, 0.5) is 0 Å². The van der Waals surface area contributed by atoms with Crippen LogP contribution in [0.2, 0.25) is 0 Å². The number of nitrogens with zero attached hydrogens (tertiary/aromatic N) is 2. The number of nitrogens with one attached hydrogen (secondary N) is 2. The van der Waals surface area contributed by atoms with Crippen molar-refractivity contribution in [1.82, 2.24) is 20.5 Å². The minimum atomic E-state index is -0.241. The van der Waals surface area contributed by atoms with E-state index in [-0.39, 0.29) is 11.7 Å². The minimum Gasteiger partial charge on any atom is -0.345 e. The number of carbonyl (C=O) groups is 1. The topological polar surface area (TPSA) is 70.7 Å². The highest BCUT2D eigenvalue weighted by atomic mass is 16.2. The van der Waals surface area contributed by atoms with Crippen molar-refractivity contribution in [2.75, 3.05) is 0 Å². The maximum atomic E-state index is 12.0. The highest BCUT2D eigenvalue weighted by molar-refractivity contribution is 5.90. The molecule has 1 amide bonds. The van der Waals surface area contributed by atoms with Gasteiger partial charge in [-0.1, -0.05) is 38.1 Å². The maximum absolute atomic E-state index is 12.0. The van der Waals surface area contributed by atoms with Crippen LogP contribution in [0.5, 0.6) is 0 Å². The van der Waals surface area contributed by atoms with E-state index in [2.05, 4.69) is 40.4 Å². The van der Waals surface area contributed by atoms with Crippen LogP contribution in [0.1, 0.15) is 47.8 Å². The third-order valence-electron chi connectivity index (χ3n) is 3.16. The molecule has 5 nitrogen and oxygen atoms in total. The van der Waals surface area contributed by atoms with E-state index < -0.39 is 0 Å². The van der Waals surface area contributed by atoms with Crippen molar-refractivity contribution in [3.63, 3.8) is 0 Å². The van der Waals surface area contributed by atoms with Gasteiger partial charge < -0.3 is 5.32 Å². The van der Waals surface area contributed by atoms with Crippen molar-refractivity contribution in [3.05, 3.63) is 47.0 Å². The summed E-state index contributed by atoms with van der Waals surface area (Å²) in [4.78, 5) is 16.2. The lowest BCUT2D eigenvalue weighted by Crippen LogP contribution is -2.24. The van der Waals surface area contributed by atoms with Crippen LogP contribution < -0.4 is 5.32 Å². The highest BCUT2D eigenvalue weighted by Gasteiger charge is 2.12. The minimum absolute atomic E-state index is 0.211. The second-order valence-electron chi connectivity index (χ2n) is 4.66. The number of benzene rings is 1. The van der Waals surface area contributed by atoms with Crippen molar-refractivity contribution in [1.29, 1.82) is 0 Å². The van der Waals surface area contributed by atoms with Gasteiger partial charge in [-0.05, 0) is 24.0 Å². The Kier molecular flexibility index (Phi) is 4.87. The van der Waals surface area contributed by atoms with Gasteiger partial charge in [0.2, 0.25) is 5.82 Å². The van der Waals surface area contributed by atoms with E-state index in [9.17, 15) is 4.79 Å². The van der Waals surface area contributed by atoms with Crippen LogP contribution in [0.3, 0.4) is 0 Å². The summed E-state index contributed by atoms with van der Waals surface area (Å²) in [6.07, 6.45) is 2.73. The van der Waals surface area contributed by atoms with Gasteiger partial charge in [-0.15, -0.1) is 5.10 Å². The highest BCUT2D eigenvalue weighted by Crippen LogP contribution is 2.09. The Labute approximate surface area is 118 Å². The average Bonchev–Trinajstić information content (AvgIpc) is 2.94. The lowest BCUT2D eigenvalue weighted by molar-refractivity contribution is 0.0941. The van der Waals surface area contributed by atoms with Crippen LogP contribution in [0.15, 0.2) is 24.3 Å². The Balaban J connectivity index is 1.97. The Bertz CT molecular complexity index is 577. The zero-order valence-corrected chi connectivity index (χ0v) is 11.9. The molecule has 5 heteroatoms. The van der Waals surface area contributed by atoms with E-state index in [0.717, 1.165) is 30.7 Å². The van der Waals surface area contributed by atoms with Crippen molar-refractivity contribution in [3.8, 4) is 0 Å². The van der Waals surface area contributed by atoms with Crippen molar-refractivity contribution in [2.24, 2.45) is 0 Å². The fraction of sp³-hybridized carbons (Fsp3) is 0.400. The van der Waals surface area contributed by atoms with E-state index in [1.54, 1.807) is 0 Å². The number of carbonyl (C=O) groups excluding carboxylic acids is 1. The quantitative estimate of drug-likeness (QED) is 0.847. The lowest BCUT2D eigenvalue weighted by atomic mass is 10.1. The fourth-order valence-corrected chi connectivity index (χ4v) is 2.07. The Morgan fingerprint density at radius 1 is 1.25 bits per heavy atom. The first kappa shape index (κ1) is 14.2. The monoisotopic (exact) mass is 272 g/mol. The molecule has 0 bridgehead atoms. The van der Waals surface area contributed by atoms with Gasteiger partial charge in [0.05, 0.1) is 0 Å². The normalized spacial score (nSPS) is 10.5. The Hall–Kier alpha value is -2.17. The molecule has 1 heterocycles. The second-order valence-corrected chi connectivity index (χ2v) is 4.66. The van der Waals surface area contributed by atoms with Crippen LogP contribution in [-0.2, 0) is 19.4 Å². The predicted octanol–water partition coefficient (Wildman–Crippen LogP) is 2.25. The molecule has 0 aliphatic carbocycles. The first-order valence-electron chi connectivity index (χ1n) is 7.00. The van der Waals surface area contributed by atoms with Gasteiger partial charge in [-0.25, -0.2) is 4.98 Å². The summed E-state index contributed by atoms with van der Waals surface area (Å²) >= 11 is 0. The molecule has 0 aliphatic heterocycles. The van der Waals surface area contributed by atoms with Crippen LogP contribution in [0, 0.1) is 0 Å². The van der Waals surface area contributed by atoms with Gasteiger partial charge in [0.15, 0.2) is 0 Å². The number of rotatable bonds is 6. The van der Waals surface area contributed by atoms with E-state index in [1.807, 2.05) is 18.2 Å². The third-order valence-corrected chi connectivity index (χ3v) is 3.16. The molecule has 1 aromatic carbocycles. The summed E-state index contributed by atoms with van der Waals surface area (Å²) in [5, 5.41) is 9.59. The van der Waals surface area contributed by atoms with Gasteiger partial charge >= 0.3 is 0 Å². The van der Waals surface area contributed by atoms with Crippen molar-refractivity contribution < 1.29 is 4.79 Å². The van der Waals surface area contributed by atoms with Gasteiger partial charge in [0.25, 0.3) is 5.91 Å². The number of H-pyrrole nitrogens is 1. The van der Waals surface area contributed by atoms with E-state index in [4.69, 9.17) is 0 Å². The zero-order valence-electron chi connectivity index (χ0n) is 11.9. The van der Waals surface area contributed by atoms with Crippen LogP contribution in [0.25, 0.3) is 0 Å². The van der Waals surface area contributed by atoms with E-state index in [0.29, 0.717) is 6.54 Å². The predicted molar refractivity (Wildman–Crippen MR) is 77.4 cm³/mol. The number of aryl methyl sites for hydroxylation is 2. The summed E-state index contributed by atoms with van der Waals surface area (Å²) in [7, 11) is 0. The first-order chi connectivity index (χ1) is 9.74. The number of hydrogen-bond donors (Lipinski definition) is 2. The molecular weight excluding hydrogens is 252 g/mol. The van der Waals surface area contributed by atoms with Gasteiger partial charge in [-0.3, -0.25) is 9.89 Å². The lowest BCUT2D eigenvalue weighted by Gasteiger charge is -2.07. The maximum Gasteiger partial charge on any atom is 0.291 e. The molecule has 2 N–H and O–H groups in total. The average molecular weight is 272 g/mol. The zero-order chi connectivity index (χ0) is 14.4. The molecule has 0 radical (unpaired) electrons. The molecule has 1 aromatic heterocycles. The van der Waals surface area contributed by atoms with Gasteiger partial charge in [0, 0.05) is 13.0 Å². The number of amides is 1. The SMILES string of the molecule is CCCc1nc(C(=O)NCc2ccccc2CC)n[nH]1. The molecule has 0 atom stereocenters. The molecular formula is C15H20N4O. The summed E-state index contributed by atoms with van der Waals surface area (Å²) in [6, 6.07) is 8.09. The standard InChI is InChI=1S/C15H20N4O/c1-3-7-13-17-14(19-18-13)15(20)16-10-12-9-6-5-8-11(12)4-2/h5-6,8-9H,3-4,7,10H2,1-2H3,(H,16,20)(H,17,18,19). The molecule has 0 saturated heterocycles. The Morgan fingerprint density at radius 3 is 2.70 bits per heavy atom. The molecule has 0 aliphatic rings. The molecule has 0 spiro atoms. The van der Waals surface area contributed by atoms with Crippen LogP contribution >= 0.6 is 0 Å². The molecule has 0 saturated carbocycles. The molecule has 2 rings (SSSR count). The molecule has 0 fully saturated rings. The molecule has 106 valence electrons. The van der Waals surface area contributed by atoms with Crippen molar-refractivity contribution >= 4 is 5.91 Å². The smallest absolute Gasteiger partial charge is 0.291 e. The van der Waals surface area contributed by atoms with E-state index in [1.165, 1.54) is 5.56 Å². The fourth-order valence-electron chi connectivity index (χ4n) is 2.07. The number of hydrogen-bond acceptors (Lipinski definition) is 3. The summed E-state index contributed by atoms with van der Waals surface area (Å²) in [5.74, 6) is 0.726. The number of aromatic nitrogens is 3. The number of aromatic amines is 1. The summed E-state index contributed by atoms with van der Waals surface area (Å²) in [6.45, 7) is 4.66. The van der Waals surface area contributed by atoms with Gasteiger partial charge in [-0.2, -0.15) is 0 Å². The largest absolute Gasteiger partial charge is 0.345 e. The summed E-state index contributed by atoms with van der Waals surface area (Å²) in [5.41, 5.74) is 2.38. The Morgan fingerprint density at radius 2 is 2.00 bits per heavy atom.